The van der Waals surface area contributed by atoms with Crippen molar-refractivity contribution in [3.8, 4) is 0 Å². The minimum atomic E-state index is -0.267. The molecule has 1 aromatic heterocycles. The highest BCUT2D eigenvalue weighted by atomic mass is 16.2. The number of hydrogen-bond donors (Lipinski definition) is 3. The Bertz CT molecular complexity index is 684. The van der Waals surface area contributed by atoms with Gasteiger partial charge in [-0.25, -0.2) is 4.79 Å². The lowest BCUT2D eigenvalue weighted by Gasteiger charge is -2.16. The van der Waals surface area contributed by atoms with E-state index in [1.165, 1.54) is 4.57 Å². The summed E-state index contributed by atoms with van der Waals surface area (Å²) in [6.45, 7) is 0.464. The van der Waals surface area contributed by atoms with E-state index in [2.05, 4.69) is 10.3 Å². The fourth-order valence-corrected chi connectivity index (χ4v) is 2.53. The van der Waals surface area contributed by atoms with E-state index in [0.717, 1.165) is 23.9 Å². The molecule has 0 aliphatic heterocycles. The van der Waals surface area contributed by atoms with Gasteiger partial charge in [-0.05, 0) is 30.9 Å². The molecule has 6 nitrogen and oxygen atoms in total. The molecule has 6 heteroatoms. The van der Waals surface area contributed by atoms with Crippen LogP contribution in [0, 0.1) is 5.92 Å². The number of fused-ring (bicyclic) bond motifs is 1. The topological polar surface area (TPSA) is 92.9 Å². The summed E-state index contributed by atoms with van der Waals surface area (Å²) < 4.78 is 1.45. The van der Waals surface area contributed by atoms with Gasteiger partial charge in [0.25, 0.3) is 0 Å². The van der Waals surface area contributed by atoms with Gasteiger partial charge < -0.3 is 16.0 Å². The third-order valence-corrected chi connectivity index (χ3v) is 3.77. The van der Waals surface area contributed by atoms with Crippen LogP contribution in [-0.4, -0.2) is 28.0 Å². The number of carbonyl (C=O) groups excluding carboxylic acids is 1. The average molecular weight is 274 g/mol. The summed E-state index contributed by atoms with van der Waals surface area (Å²) in [4.78, 5) is 26.7. The van der Waals surface area contributed by atoms with Crippen LogP contribution in [0.3, 0.4) is 0 Å². The summed E-state index contributed by atoms with van der Waals surface area (Å²) in [6, 6.07) is 7.36. The molecular formula is C14H18N4O2. The minimum absolute atomic E-state index is 0.0199. The molecule has 1 aliphatic carbocycles. The van der Waals surface area contributed by atoms with Crippen molar-refractivity contribution in [3.63, 3.8) is 0 Å². The molecule has 1 aromatic carbocycles. The third kappa shape index (κ3) is 2.46. The van der Waals surface area contributed by atoms with Crippen LogP contribution in [0.5, 0.6) is 0 Å². The molecule has 2 aromatic rings. The number of benzene rings is 1. The second kappa shape index (κ2) is 5.13. The number of hydrogen-bond acceptors (Lipinski definition) is 3. The van der Waals surface area contributed by atoms with Crippen molar-refractivity contribution >= 4 is 16.9 Å². The number of para-hydroxylation sites is 2. The summed E-state index contributed by atoms with van der Waals surface area (Å²) in [5.74, 6) is 0.336. The van der Waals surface area contributed by atoms with Crippen molar-refractivity contribution in [2.75, 3.05) is 6.54 Å². The molecule has 1 saturated carbocycles. The van der Waals surface area contributed by atoms with E-state index in [-0.39, 0.29) is 24.2 Å². The van der Waals surface area contributed by atoms with E-state index in [4.69, 9.17) is 5.73 Å². The Kier molecular flexibility index (Phi) is 3.31. The second-order valence-corrected chi connectivity index (χ2v) is 5.28. The van der Waals surface area contributed by atoms with Crippen LogP contribution < -0.4 is 16.7 Å². The highest BCUT2D eigenvalue weighted by Crippen LogP contribution is 2.32. The average Bonchev–Trinajstić information content (AvgIpc) is 3.23. The Morgan fingerprint density at radius 1 is 1.45 bits per heavy atom. The van der Waals surface area contributed by atoms with Crippen molar-refractivity contribution in [3.05, 3.63) is 34.7 Å². The van der Waals surface area contributed by atoms with Crippen LogP contribution in [0.1, 0.15) is 12.8 Å². The Morgan fingerprint density at radius 3 is 2.90 bits per heavy atom. The third-order valence-electron chi connectivity index (χ3n) is 3.77. The SMILES string of the molecule is NCC(NC(=O)Cn1c(=O)[nH]c2ccccc21)C1CC1. The first-order valence-corrected chi connectivity index (χ1v) is 6.86. The lowest BCUT2D eigenvalue weighted by Crippen LogP contribution is -2.43. The molecule has 3 rings (SSSR count). The lowest BCUT2D eigenvalue weighted by molar-refractivity contribution is -0.122. The fourth-order valence-electron chi connectivity index (χ4n) is 2.53. The number of amides is 1. The number of rotatable bonds is 5. The first-order chi connectivity index (χ1) is 9.69. The zero-order valence-corrected chi connectivity index (χ0v) is 11.1. The van der Waals surface area contributed by atoms with E-state index >= 15 is 0 Å². The van der Waals surface area contributed by atoms with Crippen molar-refractivity contribution in [1.82, 2.24) is 14.9 Å². The summed E-state index contributed by atoms with van der Waals surface area (Å²) in [7, 11) is 0. The standard InChI is InChI=1S/C14H18N4O2/c15-7-11(9-5-6-9)16-13(19)8-18-12-4-2-1-3-10(12)17-14(18)20/h1-4,9,11H,5-8,15H2,(H,16,19)(H,17,20). The van der Waals surface area contributed by atoms with Crippen molar-refractivity contribution < 1.29 is 4.79 Å². The maximum atomic E-state index is 12.1. The maximum absolute atomic E-state index is 12.1. The van der Waals surface area contributed by atoms with Gasteiger partial charge in [0.2, 0.25) is 5.91 Å². The van der Waals surface area contributed by atoms with E-state index in [1.54, 1.807) is 0 Å². The van der Waals surface area contributed by atoms with Gasteiger partial charge in [-0.2, -0.15) is 0 Å². The zero-order chi connectivity index (χ0) is 14.1. The summed E-state index contributed by atoms with van der Waals surface area (Å²) in [5, 5.41) is 2.92. The molecule has 0 saturated heterocycles. The molecule has 20 heavy (non-hydrogen) atoms. The molecule has 0 radical (unpaired) electrons. The van der Waals surface area contributed by atoms with Gasteiger partial charge in [-0.3, -0.25) is 9.36 Å². The molecule has 0 bridgehead atoms. The van der Waals surface area contributed by atoms with Gasteiger partial charge in [0.05, 0.1) is 11.0 Å². The van der Waals surface area contributed by atoms with Gasteiger partial charge in [-0.15, -0.1) is 0 Å². The second-order valence-electron chi connectivity index (χ2n) is 5.28. The normalized spacial score (nSPS) is 16.2. The van der Waals surface area contributed by atoms with Gasteiger partial charge in [-0.1, -0.05) is 12.1 Å². The summed E-state index contributed by atoms with van der Waals surface area (Å²) in [6.07, 6.45) is 2.24. The monoisotopic (exact) mass is 274 g/mol. The molecule has 4 N–H and O–H groups in total. The quantitative estimate of drug-likeness (QED) is 0.726. The van der Waals surface area contributed by atoms with Gasteiger partial charge in [0.1, 0.15) is 6.54 Å². The van der Waals surface area contributed by atoms with Gasteiger partial charge in [0.15, 0.2) is 0 Å². The van der Waals surface area contributed by atoms with Crippen molar-refractivity contribution in [2.45, 2.75) is 25.4 Å². The number of carbonyl (C=O) groups is 1. The summed E-state index contributed by atoms with van der Waals surface area (Å²) >= 11 is 0. The number of aromatic nitrogens is 2. The van der Waals surface area contributed by atoms with E-state index in [1.807, 2.05) is 24.3 Å². The molecule has 0 spiro atoms. The minimum Gasteiger partial charge on any atom is -0.350 e. The Hall–Kier alpha value is -2.08. The molecule has 1 unspecified atom stereocenters. The molecular weight excluding hydrogens is 256 g/mol. The molecule has 1 aliphatic rings. The molecule has 1 atom stereocenters. The molecule has 1 fully saturated rings. The largest absolute Gasteiger partial charge is 0.350 e. The lowest BCUT2D eigenvalue weighted by atomic mass is 10.2. The first-order valence-electron chi connectivity index (χ1n) is 6.86. The number of nitrogens with zero attached hydrogens (tertiary/aromatic N) is 1. The van der Waals surface area contributed by atoms with Crippen LogP contribution in [-0.2, 0) is 11.3 Å². The molecule has 106 valence electrons. The smallest absolute Gasteiger partial charge is 0.326 e. The number of imidazole rings is 1. The van der Waals surface area contributed by atoms with Crippen LogP contribution in [0.15, 0.2) is 29.1 Å². The summed E-state index contributed by atoms with van der Waals surface area (Å²) in [5.41, 5.74) is 6.88. The highest BCUT2D eigenvalue weighted by Gasteiger charge is 2.31. The number of H-pyrrole nitrogens is 1. The van der Waals surface area contributed by atoms with E-state index in [0.29, 0.717) is 12.5 Å². The van der Waals surface area contributed by atoms with E-state index < -0.39 is 0 Å². The first kappa shape index (κ1) is 12.9. The van der Waals surface area contributed by atoms with Crippen molar-refractivity contribution in [1.29, 1.82) is 0 Å². The van der Waals surface area contributed by atoms with Gasteiger partial charge >= 0.3 is 5.69 Å². The van der Waals surface area contributed by atoms with Crippen LogP contribution in [0.2, 0.25) is 0 Å². The molecule has 1 amide bonds. The van der Waals surface area contributed by atoms with Crippen LogP contribution >= 0.6 is 0 Å². The van der Waals surface area contributed by atoms with Crippen LogP contribution in [0.4, 0.5) is 0 Å². The zero-order valence-electron chi connectivity index (χ0n) is 11.1. The molecule has 1 heterocycles. The number of aromatic amines is 1. The van der Waals surface area contributed by atoms with Gasteiger partial charge in [0, 0.05) is 12.6 Å². The number of nitrogens with two attached hydrogens (primary N) is 1. The van der Waals surface area contributed by atoms with Crippen molar-refractivity contribution in [2.24, 2.45) is 11.7 Å². The van der Waals surface area contributed by atoms with E-state index in [9.17, 15) is 9.59 Å². The predicted octanol–water partition coefficient (Wildman–Crippen LogP) is 0.183. The van der Waals surface area contributed by atoms with Crippen LogP contribution in [0.25, 0.3) is 11.0 Å². The Morgan fingerprint density at radius 2 is 2.20 bits per heavy atom. The Balaban J connectivity index is 1.77. The fraction of sp³-hybridized carbons (Fsp3) is 0.429. The Labute approximate surface area is 116 Å². The highest BCUT2D eigenvalue weighted by molar-refractivity contribution is 5.80. The predicted molar refractivity (Wildman–Crippen MR) is 76.3 cm³/mol. The number of nitrogens with one attached hydrogen (secondary N) is 2. The maximum Gasteiger partial charge on any atom is 0.326 e.